The van der Waals surface area contributed by atoms with Crippen LogP contribution in [0.4, 0.5) is 0 Å². The molecule has 23 heavy (non-hydrogen) atoms. The molecule has 1 heterocycles. The van der Waals surface area contributed by atoms with Gasteiger partial charge in [-0.25, -0.2) is 0 Å². The van der Waals surface area contributed by atoms with Gasteiger partial charge in [-0.1, -0.05) is 39.0 Å². The summed E-state index contributed by atoms with van der Waals surface area (Å²) in [5.41, 5.74) is 0.318. The number of aliphatic hydroxyl groups is 1. The predicted octanol–water partition coefficient (Wildman–Crippen LogP) is 2.57. The number of ether oxygens (including phenoxy) is 2. The molecule has 1 N–H and O–H groups in total. The van der Waals surface area contributed by atoms with E-state index in [9.17, 15) is 9.90 Å². The van der Waals surface area contributed by atoms with Crippen molar-refractivity contribution < 1.29 is 14.6 Å². The Morgan fingerprint density at radius 3 is 2.35 bits per heavy atom. The van der Waals surface area contributed by atoms with Crippen molar-refractivity contribution in [2.24, 2.45) is 5.41 Å². The lowest BCUT2D eigenvalue weighted by molar-refractivity contribution is 0.143. The summed E-state index contributed by atoms with van der Waals surface area (Å²) < 4.78 is 12.5. The van der Waals surface area contributed by atoms with Crippen molar-refractivity contribution in [1.29, 1.82) is 0 Å². The molecular weight excluding hydrogens is 294 g/mol. The van der Waals surface area contributed by atoms with Crippen LogP contribution in [-0.4, -0.2) is 30.0 Å². The van der Waals surface area contributed by atoms with E-state index in [4.69, 9.17) is 9.47 Å². The summed E-state index contributed by atoms with van der Waals surface area (Å²) in [4.78, 5) is 12.8. The zero-order valence-electron chi connectivity index (χ0n) is 14.3. The molecule has 0 saturated carbocycles. The number of aliphatic hydroxyl groups excluding tert-OH is 1. The minimum atomic E-state index is -0.252. The highest BCUT2D eigenvalue weighted by atomic mass is 16.5. The molecule has 5 nitrogen and oxygen atoms in total. The summed E-state index contributed by atoms with van der Waals surface area (Å²) >= 11 is 0. The Kier molecular flexibility index (Phi) is 5.44. The molecule has 1 aromatic heterocycles. The van der Waals surface area contributed by atoms with Gasteiger partial charge < -0.3 is 19.1 Å². The number of hydrogen-bond donors (Lipinski definition) is 1. The van der Waals surface area contributed by atoms with Crippen LogP contribution in [-0.2, 0) is 17.9 Å². The molecule has 126 valence electrons. The van der Waals surface area contributed by atoms with Crippen molar-refractivity contribution in [3.8, 4) is 5.75 Å². The van der Waals surface area contributed by atoms with Crippen LogP contribution in [0.15, 0.2) is 29.1 Å². The topological polar surface area (TPSA) is 60.7 Å². The third-order valence-electron chi connectivity index (χ3n) is 3.55. The fraction of sp³-hybridized carbons (Fsp3) is 0.500. The molecule has 0 aliphatic heterocycles. The average molecular weight is 319 g/mol. The monoisotopic (exact) mass is 319 g/mol. The summed E-state index contributed by atoms with van der Waals surface area (Å²) in [6, 6.07) is 7.34. The molecular formula is C18H25NO4. The minimum Gasteiger partial charge on any atom is -0.489 e. The standard InChI is InChI=1S/C18H25NO4/c1-18(2,3)12-19-15(11-20)16(23-10-9-22-4)13-7-5-6-8-14(13)17(19)21/h5-8,20H,9-12H2,1-4H3. The lowest BCUT2D eigenvalue weighted by Gasteiger charge is -2.24. The predicted molar refractivity (Wildman–Crippen MR) is 91.0 cm³/mol. The van der Waals surface area contributed by atoms with Gasteiger partial charge in [0.05, 0.1) is 24.3 Å². The Morgan fingerprint density at radius 2 is 1.78 bits per heavy atom. The van der Waals surface area contributed by atoms with Gasteiger partial charge in [-0.3, -0.25) is 4.79 Å². The van der Waals surface area contributed by atoms with Crippen molar-refractivity contribution in [2.45, 2.75) is 33.9 Å². The third-order valence-corrected chi connectivity index (χ3v) is 3.55. The van der Waals surface area contributed by atoms with E-state index < -0.39 is 0 Å². The van der Waals surface area contributed by atoms with Gasteiger partial charge in [0.2, 0.25) is 0 Å². The smallest absolute Gasteiger partial charge is 0.258 e. The molecule has 0 atom stereocenters. The van der Waals surface area contributed by atoms with Gasteiger partial charge in [0, 0.05) is 19.0 Å². The number of nitrogens with zero attached hydrogens (tertiary/aromatic N) is 1. The van der Waals surface area contributed by atoms with E-state index in [1.54, 1.807) is 17.7 Å². The van der Waals surface area contributed by atoms with Gasteiger partial charge in [0.25, 0.3) is 5.56 Å². The number of methoxy groups -OCH3 is 1. The first-order valence-electron chi connectivity index (χ1n) is 7.76. The summed E-state index contributed by atoms with van der Waals surface area (Å²) in [5, 5.41) is 11.2. The zero-order chi connectivity index (χ0) is 17.0. The molecule has 0 spiro atoms. The molecule has 0 saturated heterocycles. The first kappa shape index (κ1) is 17.5. The van der Waals surface area contributed by atoms with Crippen LogP contribution in [0.3, 0.4) is 0 Å². The Morgan fingerprint density at radius 1 is 1.13 bits per heavy atom. The third kappa shape index (κ3) is 3.92. The molecule has 0 fully saturated rings. The Labute approximate surface area is 136 Å². The number of aromatic nitrogens is 1. The van der Waals surface area contributed by atoms with E-state index in [2.05, 4.69) is 20.8 Å². The second kappa shape index (κ2) is 7.15. The van der Waals surface area contributed by atoms with Gasteiger partial charge in [-0.2, -0.15) is 0 Å². The van der Waals surface area contributed by atoms with E-state index >= 15 is 0 Å². The fourth-order valence-electron chi connectivity index (χ4n) is 2.60. The molecule has 0 aliphatic rings. The minimum absolute atomic E-state index is 0.0972. The van der Waals surface area contributed by atoms with Gasteiger partial charge >= 0.3 is 0 Å². The van der Waals surface area contributed by atoms with Crippen molar-refractivity contribution in [1.82, 2.24) is 4.57 Å². The van der Waals surface area contributed by atoms with Gasteiger partial charge in [0.15, 0.2) is 0 Å². The number of hydrogen-bond acceptors (Lipinski definition) is 4. The molecule has 1 aromatic carbocycles. The maximum absolute atomic E-state index is 12.8. The van der Waals surface area contributed by atoms with Crippen LogP contribution in [0.1, 0.15) is 26.5 Å². The summed E-state index contributed by atoms with van der Waals surface area (Å²) in [7, 11) is 1.61. The molecule has 0 amide bonds. The number of pyridine rings is 1. The maximum Gasteiger partial charge on any atom is 0.258 e. The largest absolute Gasteiger partial charge is 0.489 e. The fourth-order valence-corrected chi connectivity index (χ4v) is 2.60. The van der Waals surface area contributed by atoms with Crippen LogP contribution in [0.2, 0.25) is 0 Å². The molecule has 5 heteroatoms. The van der Waals surface area contributed by atoms with E-state index in [-0.39, 0.29) is 17.6 Å². The van der Waals surface area contributed by atoms with Crippen LogP contribution in [0.25, 0.3) is 10.8 Å². The Hall–Kier alpha value is -1.85. The normalized spacial score (nSPS) is 11.9. The quantitative estimate of drug-likeness (QED) is 0.831. The molecule has 2 rings (SSSR count). The van der Waals surface area contributed by atoms with E-state index in [1.165, 1.54) is 0 Å². The number of fused-ring (bicyclic) bond motifs is 1. The van der Waals surface area contributed by atoms with Crippen molar-refractivity contribution in [2.75, 3.05) is 20.3 Å². The van der Waals surface area contributed by atoms with Gasteiger partial charge in [-0.15, -0.1) is 0 Å². The molecule has 0 radical (unpaired) electrons. The first-order chi connectivity index (χ1) is 10.9. The van der Waals surface area contributed by atoms with Crippen LogP contribution < -0.4 is 10.3 Å². The number of benzene rings is 1. The highest BCUT2D eigenvalue weighted by Crippen LogP contribution is 2.29. The highest BCUT2D eigenvalue weighted by Gasteiger charge is 2.21. The van der Waals surface area contributed by atoms with Crippen molar-refractivity contribution in [3.63, 3.8) is 0 Å². The van der Waals surface area contributed by atoms with Crippen LogP contribution >= 0.6 is 0 Å². The van der Waals surface area contributed by atoms with E-state index in [0.717, 1.165) is 5.39 Å². The first-order valence-corrected chi connectivity index (χ1v) is 7.76. The second-order valence-corrected chi connectivity index (χ2v) is 6.77. The highest BCUT2D eigenvalue weighted by molar-refractivity contribution is 5.88. The maximum atomic E-state index is 12.8. The Bertz CT molecular complexity index is 728. The van der Waals surface area contributed by atoms with E-state index in [0.29, 0.717) is 36.6 Å². The lowest BCUT2D eigenvalue weighted by Crippen LogP contribution is -2.30. The number of rotatable bonds is 6. The van der Waals surface area contributed by atoms with Gasteiger partial charge in [0.1, 0.15) is 12.4 Å². The zero-order valence-corrected chi connectivity index (χ0v) is 14.3. The average Bonchev–Trinajstić information content (AvgIpc) is 2.50. The van der Waals surface area contributed by atoms with Crippen molar-refractivity contribution in [3.05, 3.63) is 40.3 Å². The summed E-state index contributed by atoms with van der Waals surface area (Å²) in [6.07, 6.45) is 0. The summed E-state index contributed by atoms with van der Waals surface area (Å²) in [5.74, 6) is 0.559. The lowest BCUT2D eigenvalue weighted by atomic mass is 9.96. The summed E-state index contributed by atoms with van der Waals surface area (Å²) in [6.45, 7) is 7.23. The SMILES string of the molecule is COCCOc1c(CO)n(CC(C)(C)C)c(=O)c2ccccc12. The molecule has 0 unspecified atom stereocenters. The van der Waals surface area contributed by atoms with Crippen LogP contribution in [0.5, 0.6) is 5.75 Å². The molecule has 0 aliphatic carbocycles. The second-order valence-electron chi connectivity index (χ2n) is 6.77. The van der Waals surface area contributed by atoms with E-state index in [1.807, 2.05) is 18.2 Å². The van der Waals surface area contributed by atoms with Gasteiger partial charge in [-0.05, 0) is 11.5 Å². The molecule has 2 aromatic rings. The Balaban J connectivity index is 2.69. The van der Waals surface area contributed by atoms with Crippen molar-refractivity contribution >= 4 is 10.8 Å². The van der Waals surface area contributed by atoms with Crippen LogP contribution in [0, 0.1) is 5.41 Å². The molecule has 0 bridgehead atoms.